The predicted molar refractivity (Wildman–Crippen MR) is 133 cm³/mol. The zero-order valence-corrected chi connectivity index (χ0v) is 21.0. The van der Waals surface area contributed by atoms with Crippen molar-refractivity contribution in [2.45, 2.75) is 39.4 Å². The Labute approximate surface area is 201 Å². The van der Waals surface area contributed by atoms with E-state index in [0.29, 0.717) is 19.5 Å². The van der Waals surface area contributed by atoms with Crippen molar-refractivity contribution in [2.24, 2.45) is 12.0 Å². The van der Waals surface area contributed by atoms with Crippen LogP contribution in [0.1, 0.15) is 36.6 Å². The Morgan fingerprint density at radius 1 is 1.27 bits per heavy atom. The Morgan fingerprint density at radius 2 is 1.97 bits per heavy atom. The van der Waals surface area contributed by atoms with Crippen molar-refractivity contribution in [1.82, 2.24) is 19.7 Å². The molecule has 2 aromatic rings. The number of benzene rings is 1. The second kappa shape index (κ2) is 11.6. The van der Waals surface area contributed by atoms with Crippen molar-refractivity contribution in [1.29, 1.82) is 0 Å². The normalized spacial score (nSPS) is 14.1. The molecule has 6 nitrogen and oxygen atoms in total. The number of nitrogens with zero attached hydrogens (tertiary/aromatic N) is 4. The highest BCUT2D eigenvalue weighted by molar-refractivity contribution is 14.0. The molecule has 1 amide bonds. The number of carbonyl (C=O) groups excluding carboxylic acids is 1. The first-order valence-electron chi connectivity index (χ1n) is 10.1. The summed E-state index contributed by atoms with van der Waals surface area (Å²) < 4.78 is 2.03. The molecule has 2 heterocycles. The summed E-state index contributed by atoms with van der Waals surface area (Å²) in [5.74, 6) is 1.12. The first-order chi connectivity index (χ1) is 14.0. The van der Waals surface area contributed by atoms with Crippen LogP contribution < -0.4 is 5.32 Å². The van der Waals surface area contributed by atoms with Gasteiger partial charge in [0.05, 0.1) is 18.1 Å². The van der Waals surface area contributed by atoms with Gasteiger partial charge in [-0.05, 0) is 30.5 Å². The quantitative estimate of drug-likeness (QED) is 0.326. The van der Waals surface area contributed by atoms with Crippen LogP contribution in [0.3, 0.4) is 0 Å². The second-order valence-electron chi connectivity index (χ2n) is 7.52. The Hall–Kier alpha value is -1.74. The summed E-state index contributed by atoms with van der Waals surface area (Å²) in [7, 11) is 4.02. The lowest BCUT2D eigenvalue weighted by atomic mass is 10.1. The average Bonchev–Trinajstić information content (AvgIpc) is 3.24. The molecule has 1 aromatic heterocycles. The fourth-order valence-corrected chi connectivity index (χ4v) is 3.79. The fraction of sp³-hybridized carbons (Fsp3) is 0.455. The number of nitrogens with one attached hydrogen (secondary N) is 1. The lowest BCUT2D eigenvalue weighted by Crippen LogP contribution is -2.38. The lowest BCUT2D eigenvalue weighted by molar-refractivity contribution is -0.128. The second-order valence-corrected chi connectivity index (χ2v) is 7.96. The van der Waals surface area contributed by atoms with Crippen LogP contribution in [0.2, 0.25) is 5.02 Å². The highest BCUT2D eigenvalue weighted by Gasteiger charge is 2.19. The number of amides is 1. The monoisotopic (exact) mass is 543 g/mol. The number of halogens is 2. The summed E-state index contributed by atoms with van der Waals surface area (Å²) in [4.78, 5) is 20.6. The minimum absolute atomic E-state index is 0. The number of carbonyl (C=O) groups is 1. The van der Waals surface area contributed by atoms with Crippen molar-refractivity contribution in [3.63, 3.8) is 0 Å². The van der Waals surface area contributed by atoms with E-state index in [0.717, 1.165) is 53.9 Å². The van der Waals surface area contributed by atoms with E-state index in [-0.39, 0.29) is 29.9 Å². The van der Waals surface area contributed by atoms with Crippen LogP contribution in [-0.4, -0.2) is 46.4 Å². The molecular weight excluding hydrogens is 513 g/mol. The van der Waals surface area contributed by atoms with Gasteiger partial charge in [-0.15, -0.1) is 24.0 Å². The zero-order chi connectivity index (χ0) is 20.8. The number of hydrogen-bond donors (Lipinski definition) is 1. The Morgan fingerprint density at radius 3 is 2.53 bits per heavy atom. The summed E-state index contributed by atoms with van der Waals surface area (Å²) in [5.41, 5.74) is 3.44. The van der Waals surface area contributed by atoms with Crippen LogP contribution in [0.25, 0.3) is 0 Å². The topological polar surface area (TPSA) is 52.9 Å². The van der Waals surface area contributed by atoms with Crippen molar-refractivity contribution < 1.29 is 4.79 Å². The highest BCUT2D eigenvalue weighted by atomic mass is 127. The predicted octanol–water partition coefficient (Wildman–Crippen LogP) is 4.02. The number of aromatic nitrogens is 1. The van der Waals surface area contributed by atoms with E-state index >= 15 is 0 Å². The van der Waals surface area contributed by atoms with E-state index in [4.69, 9.17) is 16.6 Å². The van der Waals surface area contributed by atoms with Gasteiger partial charge in [-0.3, -0.25) is 4.79 Å². The lowest BCUT2D eigenvalue weighted by Gasteiger charge is -2.22. The molecule has 30 heavy (non-hydrogen) atoms. The smallest absolute Gasteiger partial charge is 0.222 e. The van der Waals surface area contributed by atoms with E-state index in [1.54, 1.807) is 0 Å². The van der Waals surface area contributed by atoms with Gasteiger partial charge in [-0.2, -0.15) is 0 Å². The van der Waals surface area contributed by atoms with Crippen LogP contribution in [-0.2, 0) is 31.5 Å². The summed E-state index contributed by atoms with van der Waals surface area (Å²) in [6, 6.07) is 10.4. The standard InChI is InChI=1S/C22H30ClN5O.HI/c1-4-24-22(27(3)16-20-12-19(23)15-26(20)2)25-13-17-7-9-18(10-8-17)14-28-11-5-6-21(28)29;/h7-10,12,15H,4-6,11,13-14,16H2,1-3H3,(H,24,25);1H. The molecule has 1 aliphatic heterocycles. The van der Waals surface area contributed by atoms with Crippen molar-refractivity contribution in [2.75, 3.05) is 20.1 Å². The first kappa shape index (κ1) is 24.5. The summed E-state index contributed by atoms with van der Waals surface area (Å²) in [6.07, 6.45) is 3.57. The van der Waals surface area contributed by atoms with E-state index in [1.165, 1.54) is 0 Å². The van der Waals surface area contributed by atoms with Gasteiger partial charge in [0.15, 0.2) is 5.96 Å². The van der Waals surface area contributed by atoms with Crippen molar-refractivity contribution >= 4 is 47.4 Å². The molecule has 164 valence electrons. The largest absolute Gasteiger partial charge is 0.357 e. The molecule has 0 atom stereocenters. The zero-order valence-electron chi connectivity index (χ0n) is 17.9. The number of rotatable bonds is 7. The van der Waals surface area contributed by atoms with Crippen molar-refractivity contribution in [3.05, 3.63) is 58.4 Å². The molecular formula is C22H31ClIN5O. The van der Waals surface area contributed by atoms with E-state index in [9.17, 15) is 4.79 Å². The SMILES string of the molecule is CCNC(=NCc1ccc(CN2CCCC2=O)cc1)N(C)Cc1cc(Cl)cn1C.I. The molecule has 8 heteroatoms. The maximum atomic E-state index is 11.8. The van der Waals surface area contributed by atoms with Gasteiger partial charge in [0.1, 0.15) is 0 Å². The fourth-order valence-electron chi connectivity index (χ4n) is 3.52. The van der Waals surface area contributed by atoms with E-state index < -0.39 is 0 Å². The van der Waals surface area contributed by atoms with Gasteiger partial charge < -0.3 is 19.7 Å². The number of aliphatic imine (C=N–C) groups is 1. The van der Waals surface area contributed by atoms with Gasteiger partial charge in [0, 0.05) is 52.0 Å². The van der Waals surface area contributed by atoms with Crippen LogP contribution in [0.4, 0.5) is 0 Å². The maximum absolute atomic E-state index is 11.8. The van der Waals surface area contributed by atoms with E-state index in [1.807, 2.05) is 35.8 Å². The number of aryl methyl sites for hydroxylation is 1. The van der Waals surface area contributed by atoms with Gasteiger partial charge >= 0.3 is 0 Å². The molecule has 1 aromatic carbocycles. The molecule has 1 saturated heterocycles. The van der Waals surface area contributed by atoms with Crippen LogP contribution in [0.15, 0.2) is 41.5 Å². The summed E-state index contributed by atoms with van der Waals surface area (Å²) >= 11 is 6.10. The minimum Gasteiger partial charge on any atom is -0.357 e. The Balaban J connectivity index is 0.00000320. The summed E-state index contributed by atoms with van der Waals surface area (Å²) in [5, 5.41) is 4.10. The first-order valence-corrected chi connectivity index (χ1v) is 10.5. The molecule has 1 N–H and O–H groups in total. The highest BCUT2D eigenvalue weighted by Crippen LogP contribution is 2.16. The average molecular weight is 544 g/mol. The molecule has 0 spiro atoms. The third kappa shape index (κ3) is 6.63. The molecule has 1 fully saturated rings. The van der Waals surface area contributed by atoms with Crippen LogP contribution in [0, 0.1) is 0 Å². The summed E-state index contributed by atoms with van der Waals surface area (Å²) in [6.45, 7) is 5.76. The van der Waals surface area contributed by atoms with Gasteiger partial charge in [-0.25, -0.2) is 4.99 Å². The van der Waals surface area contributed by atoms with Gasteiger partial charge in [-0.1, -0.05) is 35.9 Å². The van der Waals surface area contributed by atoms with Crippen LogP contribution in [0.5, 0.6) is 0 Å². The molecule has 1 aliphatic rings. The molecule has 0 aliphatic carbocycles. The van der Waals surface area contributed by atoms with Gasteiger partial charge in [0.25, 0.3) is 0 Å². The molecule has 3 rings (SSSR count). The Kier molecular flexibility index (Phi) is 9.48. The minimum atomic E-state index is 0. The maximum Gasteiger partial charge on any atom is 0.222 e. The molecule has 0 saturated carbocycles. The number of likely N-dealkylation sites (tertiary alicyclic amines) is 1. The molecule has 0 unspecified atom stereocenters. The number of hydrogen-bond acceptors (Lipinski definition) is 2. The molecule has 0 radical (unpaired) electrons. The van der Waals surface area contributed by atoms with Gasteiger partial charge in [0.2, 0.25) is 5.91 Å². The van der Waals surface area contributed by atoms with Crippen LogP contribution >= 0.6 is 35.6 Å². The van der Waals surface area contributed by atoms with Crippen molar-refractivity contribution in [3.8, 4) is 0 Å². The van der Waals surface area contributed by atoms with E-state index in [2.05, 4.69) is 41.4 Å². The number of guanidine groups is 1. The molecule has 0 bridgehead atoms. The third-order valence-electron chi connectivity index (χ3n) is 5.15. The third-order valence-corrected chi connectivity index (χ3v) is 5.36. The Bertz CT molecular complexity index is 865.